The number of thiophene rings is 1. The van der Waals surface area contributed by atoms with Gasteiger partial charge in [-0.15, -0.1) is 53.4 Å². The second kappa shape index (κ2) is 11.0. The Morgan fingerprint density at radius 2 is 1.61 bits per heavy atom. The molecule has 5 heteroatoms. The molecule has 2 nitrogen and oxygen atoms in total. The molecule has 0 fully saturated rings. The number of aromatic nitrogens is 2. The smallest absolute Gasteiger partial charge is 0.0167 e. The Kier molecular flexibility index (Phi) is 7.79. The molecule has 0 N–H and O–H groups in total. The van der Waals surface area contributed by atoms with Crippen molar-refractivity contribution in [2.75, 3.05) is 0 Å². The zero-order valence-electron chi connectivity index (χ0n) is 17.3. The Morgan fingerprint density at radius 3 is 2.42 bits per heavy atom. The average Bonchev–Trinajstić information content (AvgIpc) is 3.29. The molecule has 0 aliphatic carbocycles. The Hall–Kier alpha value is -2.69. The second-order valence-electron chi connectivity index (χ2n) is 7.07. The summed E-state index contributed by atoms with van der Waals surface area (Å²) in [4.78, 5) is 9.90. The molecular weight excluding hydrogens is 669 g/mol. The maximum Gasteiger partial charge on any atom is 0.0167 e. The molecule has 163 valence electrons. The van der Waals surface area contributed by atoms with E-state index < -0.39 is 0 Å². The van der Waals surface area contributed by atoms with E-state index in [4.69, 9.17) is 0 Å². The largest absolute Gasteiger partial charge is 0.304 e. The first kappa shape index (κ1) is 23.5. The van der Waals surface area contributed by atoms with E-state index >= 15 is 0 Å². The van der Waals surface area contributed by atoms with E-state index in [1.54, 1.807) is 11.3 Å². The average molecular weight is 686 g/mol. The van der Waals surface area contributed by atoms with Crippen molar-refractivity contribution in [3.63, 3.8) is 0 Å². The van der Waals surface area contributed by atoms with Crippen molar-refractivity contribution in [2.24, 2.45) is 0 Å². The predicted molar refractivity (Wildman–Crippen MR) is 138 cm³/mol. The van der Waals surface area contributed by atoms with Gasteiger partial charge in [0, 0.05) is 38.2 Å². The first-order valence-electron chi connectivity index (χ1n) is 10.1. The van der Waals surface area contributed by atoms with Crippen molar-refractivity contribution in [3.05, 3.63) is 120 Å². The first-order chi connectivity index (χ1) is 15.8. The van der Waals surface area contributed by atoms with Crippen LogP contribution in [0.5, 0.6) is 0 Å². The minimum atomic E-state index is 0. The standard InChI is InChI=1S/C15H9BrN.C13H8NS.Ir/c16-13-6-3-5-12(10-13)15-14-7-2-1-4-11(14)8-9-17-15;1-2-7-12-10(5-1)9-13(15-12)11-6-3-4-8-14-11;/h1-4,6-10H;1-8H;/q2*-1;. The van der Waals surface area contributed by atoms with E-state index in [2.05, 4.69) is 68.4 Å². The van der Waals surface area contributed by atoms with E-state index in [0.717, 1.165) is 31.7 Å². The molecule has 33 heavy (non-hydrogen) atoms. The van der Waals surface area contributed by atoms with Gasteiger partial charge in [0.05, 0.1) is 0 Å². The van der Waals surface area contributed by atoms with Crippen LogP contribution in [0.3, 0.4) is 0 Å². The summed E-state index contributed by atoms with van der Waals surface area (Å²) in [6, 6.07) is 37.0. The summed E-state index contributed by atoms with van der Waals surface area (Å²) in [5.41, 5.74) is 2.99. The summed E-state index contributed by atoms with van der Waals surface area (Å²) in [7, 11) is 0. The molecule has 0 spiro atoms. The SMILES string of the molecule is Brc1cc[c-]c(-c2nccc3ccccc23)c1.[Ir].[c-]1c(-c2ccccn2)sc2ccccc12. The fourth-order valence-electron chi connectivity index (χ4n) is 3.44. The molecule has 6 aromatic rings. The van der Waals surface area contributed by atoms with Crippen molar-refractivity contribution in [1.82, 2.24) is 9.97 Å². The zero-order valence-corrected chi connectivity index (χ0v) is 22.1. The van der Waals surface area contributed by atoms with Crippen LogP contribution in [0.25, 0.3) is 42.7 Å². The van der Waals surface area contributed by atoms with E-state index in [0.29, 0.717) is 0 Å². The summed E-state index contributed by atoms with van der Waals surface area (Å²) in [6.07, 6.45) is 3.65. The minimum Gasteiger partial charge on any atom is -0.304 e. The third-order valence-corrected chi connectivity index (χ3v) is 6.52. The van der Waals surface area contributed by atoms with Crippen molar-refractivity contribution >= 4 is 48.1 Å². The normalized spacial score (nSPS) is 10.3. The van der Waals surface area contributed by atoms with Crippen LogP contribution in [0.15, 0.2) is 108 Å². The Bertz CT molecular complexity index is 1460. The third kappa shape index (κ3) is 5.45. The monoisotopic (exact) mass is 685 g/mol. The number of halogens is 1. The van der Waals surface area contributed by atoms with Gasteiger partial charge in [0.15, 0.2) is 0 Å². The van der Waals surface area contributed by atoms with Crippen molar-refractivity contribution in [3.8, 4) is 21.8 Å². The fourth-order valence-corrected chi connectivity index (χ4v) is 4.78. The Morgan fingerprint density at radius 1 is 0.788 bits per heavy atom. The molecule has 0 aliphatic heterocycles. The topological polar surface area (TPSA) is 25.8 Å². The summed E-state index contributed by atoms with van der Waals surface area (Å²) < 4.78 is 2.30. The van der Waals surface area contributed by atoms with Crippen molar-refractivity contribution in [1.29, 1.82) is 0 Å². The minimum absolute atomic E-state index is 0. The van der Waals surface area contributed by atoms with E-state index in [9.17, 15) is 0 Å². The van der Waals surface area contributed by atoms with Gasteiger partial charge in [-0.3, -0.25) is 0 Å². The van der Waals surface area contributed by atoms with E-state index in [1.165, 1.54) is 15.5 Å². The van der Waals surface area contributed by atoms with Crippen LogP contribution >= 0.6 is 27.3 Å². The second-order valence-corrected chi connectivity index (χ2v) is 9.04. The molecule has 0 atom stereocenters. The number of rotatable bonds is 2. The number of benzene rings is 3. The van der Waals surface area contributed by atoms with Gasteiger partial charge in [0.1, 0.15) is 0 Å². The number of fused-ring (bicyclic) bond motifs is 2. The van der Waals surface area contributed by atoms with Crippen LogP contribution in [0.2, 0.25) is 0 Å². The molecular formula is C28H17BrIrN2S-2. The van der Waals surface area contributed by atoms with Gasteiger partial charge >= 0.3 is 0 Å². The molecule has 0 saturated heterocycles. The molecule has 1 radical (unpaired) electrons. The number of hydrogen-bond donors (Lipinski definition) is 0. The molecule has 0 saturated carbocycles. The molecule has 3 aromatic carbocycles. The summed E-state index contributed by atoms with van der Waals surface area (Å²) >= 11 is 5.21. The maximum absolute atomic E-state index is 4.47. The summed E-state index contributed by atoms with van der Waals surface area (Å²) in [5.74, 6) is 0. The summed E-state index contributed by atoms with van der Waals surface area (Å²) in [6.45, 7) is 0. The first-order valence-corrected chi connectivity index (χ1v) is 11.7. The number of hydrogen-bond acceptors (Lipinski definition) is 3. The van der Waals surface area contributed by atoms with Crippen LogP contribution in [-0.2, 0) is 20.1 Å². The van der Waals surface area contributed by atoms with Gasteiger partial charge in [-0.05, 0) is 38.2 Å². The molecule has 0 bridgehead atoms. The molecule has 0 amide bonds. The Labute approximate surface area is 218 Å². The van der Waals surface area contributed by atoms with E-state index in [1.807, 2.05) is 73.1 Å². The summed E-state index contributed by atoms with van der Waals surface area (Å²) in [5, 5.41) is 3.53. The number of pyridine rings is 2. The molecule has 0 aliphatic rings. The van der Waals surface area contributed by atoms with Crippen LogP contribution in [0.1, 0.15) is 0 Å². The van der Waals surface area contributed by atoms with Crippen LogP contribution < -0.4 is 0 Å². The van der Waals surface area contributed by atoms with Gasteiger partial charge in [0.2, 0.25) is 0 Å². The quantitative estimate of drug-likeness (QED) is 0.172. The molecule has 3 heterocycles. The van der Waals surface area contributed by atoms with Gasteiger partial charge in [-0.2, -0.15) is 0 Å². The molecule has 6 rings (SSSR count). The zero-order chi connectivity index (χ0) is 21.8. The Balaban J connectivity index is 0.000000153. The molecule has 3 aromatic heterocycles. The van der Waals surface area contributed by atoms with Gasteiger partial charge in [0.25, 0.3) is 0 Å². The van der Waals surface area contributed by atoms with Crippen molar-refractivity contribution < 1.29 is 20.1 Å². The predicted octanol–water partition coefficient (Wildman–Crippen LogP) is 8.23. The van der Waals surface area contributed by atoms with E-state index in [-0.39, 0.29) is 20.1 Å². The third-order valence-electron chi connectivity index (χ3n) is 4.94. The van der Waals surface area contributed by atoms with Crippen LogP contribution in [-0.4, -0.2) is 9.97 Å². The fraction of sp³-hybridized carbons (Fsp3) is 0. The van der Waals surface area contributed by atoms with Gasteiger partial charge in [-0.1, -0.05) is 68.9 Å². The van der Waals surface area contributed by atoms with Crippen LogP contribution in [0, 0.1) is 12.1 Å². The van der Waals surface area contributed by atoms with Gasteiger partial charge < -0.3 is 9.97 Å². The van der Waals surface area contributed by atoms with Crippen molar-refractivity contribution in [2.45, 2.75) is 0 Å². The van der Waals surface area contributed by atoms with Crippen LogP contribution in [0.4, 0.5) is 0 Å². The molecule has 0 unspecified atom stereocenters. The maximum atomic E-state index is 4.47. The van der Waals surface area contributed by atoms with Gasteiger partial charge in [-0.25, -0.2) is 11.3 Å². The number of nitrogens with zero attached hydrogens (tertiary/aromatic N) is 2.